The van der Waals surface area contributed by atoms with Gasteiger partial charge in [0.25, 0.3) is 5.91 Å². The lowest BCUT2D eigenvalue weighted by Crippen LogP contribution is -2.25. The van der Waals surface area contributed by atoms with E-state index in [9.17, 15) is 4.79 Å². The number of thiophene rings is 1. The number of nitrogens with one attached hydrogen (secondary N) is 2. The van der Waals surface area contributed by atoms with Gasteiger partial charge in [-0.2, -0.15) is 0 Å². The van der Waals surface area contributed by atoms with Crippen molar-refractivity contribution in [1.82, 2.24) is 15.3 Å². The summed E-state index contributed by atoms with van der Waals surface area (Å²) in [7, 11) is 0. The van der Waals surface area contributed by atoms with E-state index in [1.807, 2.05) is 12.1 Å². The lowest BCUT2D eigenvalue weighted by atomic mass is 10.0. The van der Waals surface area contributed by atoms with Crippen LogP contribution in [0.15, 0.2) is 30.3 Å². The average molecular weight is 326 g/mol. The van der Waals surface area contributed by atoms with Crippen LogP contribution >= 0.6 is 11.3 Å². The van der Waals surface area contributed by atoms with Crippen molar-refractivity contribution in [2.75, 3.05) is 6.54 Å². The van der Waals surface area contributed by atoms with E-state index in [0.29, 0.717) is 17.1 Å². The van der Waals surface area contributed by atoms with Gasteiger partial charge in [0.2, 0.25) is 0 Å². The Labute approximate surface area is 137 Å². The van der Waals surface area contributed by atoms with Crippen LogP contribution in [0.25, 0.3) is 21.7 Å². The fourth-order valence-corrected chi connectivity index (χ4v) is 4.17. The highest BCUT2D eigenvalue weighted by atomic mass is 32.1. The summed E-state index contributed by atoms with van der Waals surface area (Å²) in [6.07, 6.45) is 3.72. The third kappa shape index (κ3) is 2.64. The van der Waals surface area contributed by atoms with Gasteiger partial charge in [0, 0.05) is 10.9 Å². The number of hydrogen-bond donors (Lipinski definition) is 3. The molecule has 1 amide bonds. The molecule has 1 atom stereocenters. The Kier molecular flexibility index (Phi) is 3.63. The van der Waals surface area contributed by atoms with E-state index in [4.69, 9.17) is 5.73 Å². The first-order valence-electron chi connectivity index (χ1n) is 7.84. The van der Waals surface area contributed by atoms with Crippen molar-refractivity contribution < 1.29 is 4.79 Å². The number of aromatic amines is 1. The first-order valence-corrected chi connectivity index (χ1v) is 8.66. The third-order valence-corrected chi connectivity index (χ3v) is 5.50. The van der Waals surface area contributed by atoms with Crippen molar-refractivity contribution in [3.05, 3.63) is 40.8 Å². The van der Waals surface area contributed by atoms with Crippen molar-refractivity contribution >= 4 is 28.3 Å². The lowest BCUT2D eigenvalue weighted by molar-refractivity contribution is 0.100. The molecule has 0 aliphatic carbocycles. The maximum Gasteiger partial charge on any atom is 0.250 e. The standard InChI is InChI=1S/C17H18N4OS/c18-16(22)10-4-3-6-12-15(10)21-17(20-12)14-8-7-13(23-14)11-5-1-2-9-19-11/h3-4,6-8,11,19H,1-2,5,9H2,(H2,18,22)(H,20,21). The molecule has 5 nitrogen and oxygen atoms in total. The van der Waals surface area contributed by atoms with Crippen molar-refractivity contribution in [3.63, 3.8) is 0 Å². The Morgan fingerprint density at radius 2 is 2.17 bits per heavy atom. The van der Waals surface area contributed by atoms with E-state index in [2.05, 4.69) is 27.4 Å². The van der Waals surface area contributed by atoms with Crippen molar-refractivity contribution in [1.29, 1.82) is 0 Å². The second kappa shape index (κ2) is 5.79. The number of nitrogens with zero attached hydrogens (tertiary/aromatic N) is 1. The lowest BCUT2D eigenvalue weighted by Gasteiger charge is -2.22. The predicted molar refractivity (Wildman–Crippen MR) is 92.5 cm³/mol. The second-order valence-corrected chi connectivity index (χ2v) is 6.97. The van der Waals surface area contributed by atoms with Crippen molar-refractivity contribution in [2.24, 2.45) is 5.73 Å². The van der Waals surface area contributed by atoms with E-state index in [-0.39, 0.29) is 0 Å². The molecule has 1 saturated heterocycles. The molecule has 1 unspecified atom stereocenters. The monoisotopic (exact) mass is 326 g/mol. The maximum atomic E-state index is 11.5. The normalized spacial score (nSPS) is 18.3. The van der Waals surface area contributed by atoms with Crippen molar-refractivity contribution in [2.45, 2.75) is 25.3 Å². The van der Waals surface area contributed by atoms with Crippen LogP contribution in [-0.2, 0) is 0 Å². The number of carbonyl (C=O) groups is 1. The Morgan fingerprint density at radius 1 is 1.26 bits per heavy atom. The highest BCUT2D eigenvalue weighted by Crippen LogP contribution is 2.34. The summed E-state index contributed by atoms with van der Waals surface area (Å²) in [5.74, 6) is 0.340. The number of carbonyl (C=O) groups excluding carboxylic acids is 1. The minimum Gasteiger partial charge on any atom is -0.366 e. The Balaban J connectivity index is 1.70. The van der Waals surface area contributed by atoms with E-state index >= 15 is 0 Å². The number of nitrogens with two attached hydrogens (primary N) is 1. The SMILES string of the molecule is NC(=O)c1cccc2[nH]c(-c3ccc(C4CCCCN4)s3)nc12. The van der Waals surface area contributed by atoms with Crippen LogP contribution < -0.4 is 11.1 Å². The van der Waals surface area contributed by atoms with Crippen LogP contribution in [0, 0.1) is 0 Å². The molecule has 2 aromatic heterocycles. The van der Waals surface area contributed by atoms with Gasteiger partial charge in [-0.1, -0.05) is 12.5 Å². The van der Waals surface area contributed by atoms with Gasteiger partial charge < -0.3 is 16.0 Å². The Hall–Kier alpha value is -2.18. The summed E-state index contributed by atoms with van der Waals surface area (Å²) in [6, 6.07) is 10.2. The maximum absolute atomic E-state index is 11.5. The number of primary amides is 1. The summed E-state index contributed by atoms with van der Waals surface area (Å²) in [5.41, 5.74) is 7.36. The van der Waals surface area contributed by atoms with Crippen LogP contribution in [0.5, 0.6) is 0 Å². The number of amides is 1. The van der Waals surface area contributed by atoms with E-state index < -0.39 is 5.91 Å². The summed E-state index contributed by atoms with van der Waals surface area (Å²) in [5, 5.41) is 3.57. The van der Waals surface area contributed by atoms with Gasteiger partial charge in [-0.05, 0) is 43.7 Å². The fourth-order valence-electron chi connectivity index (χ4n) is 3.11. The molecule has 1 aromatic carbocycles. The third-order valence-electron chi connectivity index (χ3n) is 4.29. The Bertz CT molecular complexity index is 860. The molecule has 1 aliphatic rings. The summed E-state index contributed by atoms with van der Waals surface area (Å²) in [6.45, 7) is 1.09. The number of H-pyrrole nitrogens is 1. The quantitative estimate of drug-likeness (QED) is 0.691. The molecular formula is C17H18N4OS. The number of rotatable bonds is 3. The molecule has 118 valence electrons. The molecule has 6 heteroatoms. The van der Waals surface area contributed by atoms with E-state index in [1.165, 1.54) is 24.1 Å². The highest BCUT2D eigenvalue weighted by molar-refractivity contribution is 7.15. The molecule has 0 bridgehead atoms. The number of para-hydroxylation sites is 1. The zero-order valence-electron chi connectivity index (χ0n) is 12.6. The van der Waals surface area contributed by atoms with Crippen LogP contribution in [0.3, 0.4) is 0 Å². The van der Waals surface area contributed by atoms with Gasteiger partial charge in [-0.3, -0.25) is 4.79 Å². The molecule has 23 heavy (non-hydrogen) atoms. The summed E-state index contributed by atoms with van der Waals surface area (Å²) >= 11 is 1.75. The molecular weight excluding hydrogens is 308 g/mol. The number of imidazole rings is 1. The summed E-state index contributed by atoms with van der Waals surface area (Å²) in [4.78, 5) is 21.9. The molecule has 0 spiro atoms. The molecule has 4 N–H and O–H groups in total. The molecule has 4 rings (SSSR count). The van der Waals surface area contributed by atoms with Crippen LogP contribution in [0.1, 0.15) is 40.5 Å². The number of hydrogen-bond acceptors (Lipinski definition) is 4. The van der Waals surface area contributed by atoms with Gasteiger partial charge in [0.05, 0.1) is 16.0 Å². The first-order chi connectivity index (χ1) is 11.2. The van der Waals surface area contributed by atoms with Crippen LogP contribution in [0.4, 0.5) is 0 Å². The molecule has 3 heterocycles. The average Bonchev–Trinajstić information content (AvgIpc) is 3.21. The minimum absolute atomic E-state index is 0.452. The molecule has 1 aliphatic heterocycles. The van der Waals surface area contributed by atoms with Gasteiger partial charge in [0.1, 0.15) is 11.3 Å². The first kappa shape index (κ1) is 14.4. The molecule has 0 radical (unpaired) electrons. The van der Waals surface area contributed by atoms with Gasteiger partial charge >= 0.3 is 0 Å². The zero-order chi connectivity index (χ0) is 15.8. The molecule has 0 saturated carbocycles. The predicted octanol–water partition coefficient (Wildman–Crippen LogP) is 3.20. The van der Waals surface area contributed by atoms with E-state index in [0.717, 1.165) is 22.8 Å². The second-order valence-electron chi connectivity index (χ2n) is 5.86. The molecule has 3 aromatic rings. The smallest absolute Gasteiger partial charge is 0.250 e. The van der Waals surface area contributed by atoms with Gasteiger partial charge in [-0.25, -0.2) is 4.98 Å². The topological polar surface area (TPSA) is 83.8 Å². The van der Waals surface area contributed by atoms with Gasteiger partial charge in [-0.15, -0.1) is 11.3 Å². The van der Waals surface area contributed by atoms with Crippen LogP contribution in [-0.4, -0.2) is 22.4 Å². The molecule has 1 fully saturated rings. The fraction of sp³-hybridized carbons (Fsp3) is 0.294. The number of piperidine rings is 1. The zero-order valence-corrected chi connectivity index (χ0v) is 13.5. The highest BCUT2D eigenvalue weighted by Gasteiger charge is 2.18. The van der Waals surface area contributed by atoms with Crippen molar-refractivity contribution in [3.8, 4) is 10.7 Å². The number of fused-ring (bicyclic) bond motifs is 1. The Morgan fingerprint density at radius 3 is 2.96 bits per heavy atom. The number of benzene rings is 1. The van der Waals surface area contributed by atoms with Crippen LogP contribution in [0.2, 0.25) is 0 Å². The number of aromatic nitrogens is 2. The summed E-state index contributed by atoms with van der Waals surface area (Å²) < 4.78 is 0. The van der Waals surface area contributed by atoms with E-state index in [1.54, 1.807) is 17.4 Å². The largest absolute Gasteiger partial charge is 0.366 e. The minimum atomic E-state index is -0.452. The van der Waals surface area contributed by atoms with Gasteiger partial charge in [0.15, 0.2) is 0 Å².